The fourth-order valence-corrected chi connectivity index (χ4v) is 3.30. The maximum Gasteiger partial charge on any atom is 0.266 e. The Labute approximate surface area is 162 Å². The highest BCUT2D eigenvalue weighted by Crippen LogP contribution is 2.26. The SMILES string of the molecule is COc1ccc(-c2nc3cccc(C)c3c(=O)n2-c2ccc(OC)cc2)cc1. The maximum atomic E-state index is 13.5. The van der Waals surface area contributed by atoms with Crippen molar-refractivity contribution in [2.75, 3.05) is 14.2 Å². The fourth-order valence-electron chi connectivity index (χ4n) is 3.30. The first-order valence-corrected chi connectivity index (χ1v) is 8.93. The van der Waals surface area contributed by atoms with Crippen LogP contribution in [0.15, 0.2) is 71.5 Å². The molecule has 0 aliphatic rings. The highest BCUT2D eigenvalue weighted by atomic mass is 16.5. The number of ether oxygens (including phenoxy) is 2. The molecule has 0 fully saturated rings. The lowest BCUT2D eigenvalue weighted by Crippen LogP contribution is -2.22. The Kier molecular flexibility index (Phi) is 4.57. The molecule has 0 unspecified atom stereocenters. The van der Waals surface area contributed by atoms with Gasteiger partial charge in [-0.25, -0.2) is 4.98 Å². The zero-order valence-corrected chi connectivity index (χ0v) is 16.0. The minimum atomic E-state index is -0.0981. The molecule has 0 bridgehead atoms. The van der Waals surface area contributed by atoms with Crippen molar-refractivity contribution in [3.8, 4) is 28.6 Å². The third-order valence-corrected chi connectivity index (χ3v) is 4.78. The molecule has 5 heteroatoms. The summed E-state index contributed by atoms with van der Waals surface area (Å²) in [6.45, 7) is 1.93. The predicted molar refractivity (Wildman–Crippen MR) is 111 cm³/mol. The molecule has 3 aromatic carbocycles. The maximum absolute atomic E-state index is 13.5. The summed E-state index contributed by atoms with van der Waals surface area (Å²) in [4.78, 5) is 18.3. The third kappa shape index (κ3) is 3.01. The summed E-state index contributed by atoms with van der Waals surface area (Å²) < 4.78 is 12.1. The van der Waals surface area contributed by atoms with Crippen molar-refractivity contribution in [3.63, 3.8) is 0 Å². The molecule has 1 heterocycles. The van der Waals surface area contributed by atoms with Gasteiger partial charge >= 0.3 is 0 Å². The zero-order valence-electron chi connectivity index (χ0n) is 16.0. The number of hydrogen-bond donors (Lipinski definition) is 0. The van der Waals surface area contributed by atoms with Crippen molar-refractivity contribution in [3.05, 3.63) is 82.6 Å². The number of benzene rings is 3. The van der Waals surface area contributed by atoms with Crippen molar-refractivity contribution in [2.24, 2.45) is 0 Å². The van der Waals surface area contributed by atoms with Crippen LogP contribution in [-0.4, -0.2) is 23.8 Å². The van der Waals surface area contributed by atoms with E-state index in [-0.39, 0.29) is 5.56 Å². The molecule has 0 atom stereocenters. The van der Waals surface area contributed by atoms with E-state index >= 15 is 0 Å². The smallest absolute Gasteiger partial charge is 0.266 e. The fraction of sp³-hybridized carbons (Fsp3) is 0.130. The first-order valence-electron chi connectivity index (χ1n) is 8.93. The lowest BCUT2D eigenvalue weighted by molar-refractivity contribution is 0.414. The first kappa shape index (κ1) is 17.8. The zero-order chi connectivity index (χ0) is 19.7. The summed E-state index contributed by atoms with van der Waals surface area (Å²) in [6, 6.07) is 20.6. The molecule has 4 aromatic rings. The molecule has 140 valence electrons. The molecule has 1 aromatic heterocycles. The molecule has 0 saturated heterocycles. The van der Waals surface area contributed by atoms with Gasteiger partial charge in [-0.2, -0.15) is 0 Å². The number of methoxy groups -OCH3 is 2. The third-order valence-electron chi connectivity index (χ3n) is 4.78. The van der Waals surface area contributed by atoms with Crippen LogP contribution in [0.5, 0.6) is 11.5 Å². The van der Waals surface area contributed by atoms with Crippen LogP contribution in [0.4, 0.5) is 0 Å². The molecule has 28 heavy (non-hydrogen) atoms. The Bertz CT molecular complexity index is 1190. The molecule has 5 nitrogen and oxygen atoms in total. The van der Waals surface area contributed by atoms with Gasteiger partial charge in [-0.1, -0.05) is 12.1 Å². The van der Waals surface area contributed by atoms with Crippen LogP contribution in [0, 0.1) is 6.92 Å². The van der Waals surface area contributed by atoms with E-state index in [4.69, 9.17) is 14.5 Å². The van der Waals surface area contributed by atoms with Gasteiger partial charge in [-0.15, -0.1) is 0 Å². The molecule has 0 aliphatic heterocycles. The van der Waals surface area contributed by atoms with Gasteiger partial charge in [0.15, 0.2) is 0 Å². The Morgan fingerprint density at radius 1 is 0.821 bits per heavy atom. The first-order chi connectivity index (χ1) is 13.6. The molecule has 0 radical (unpaired) electrons. The highest BCUT2D eigenvalue weighted by molar-refractivity contribution is 5.83. The number of fused-ring (bicyclic) bond motifs is 1. The average molecular weight is 372 g/mol. The molecule has 0 amide bonds. The minimum absolute atomic E-state index is 0.0981. The lowest BCUT2D eigenvalue weighted by Gasteiger charge is -2.15. The van der Waals surface area contributed by atoms with Gasteiger partial charge in [-0.05, 0) is 67.1 Å². The van der Waals surface area contributed by atoms with Crippen LogP contribution in [0.3, 0.4) is 0 Å². The number of hydrogen-bond acceptors (Lipinski definition) is 4. The van der Waals surface area contributed by atoms with Gasteiger partial charge in [0.1, 0.15) is 17.3 Å². The molecular weight excluding hydrogens is 352 g/mol. The van der Waals surface area contributed by atoms with Gasteiger partial charge in [0.05, 0.1) is 30.8 Å². The Hall–Kier alpha value is -3.60. The molecule has 0 saturated carbocycles. The summed E-state index contributed by atoms with van der Waals surface area (Å²) in [6.07, 6.45) is 0. The van der Waals surface area contributed by atoms with Crippen LogP contribution >= 0.6 is 0 Å². The molecule has 4 rings (SSSR count). The Balaban J connectivity index is 2.04. The second-order valence-electron chi connectivity index (χ2n) is 6.47. The van der Waals surface area contributed by atoms with Gasteiger partial charge in [0.2, 0.25) is 0 Å². The highest BCUT2D eigenvalue weighted by Gasteiger charge is 2.16. The van der Waals surface area contributed by atoms with E-state index in [9.17, 15) is 4.79 Å². The number of nitrogens with zero attached hydrogens (tertiary/aromatic N) is 2. The minimum Gasteiger partial charge on any atom is -0.497 e. The average Bonchev–Trinajstić information content (AvgIpc) is 2.74. The predicted octanol–water partition coefficient (Wildman–Crippen LogP) is 4.38. The van der Waals surface area contributed by atoms with Crippen LogP contribution in [0.25, 0.3) is 28.0 Å². The van der Waals surface area contributed by atoms with E-state index < -0.39 is 0 Å². The second kappa shape index (κ2) is 7.19. The van der Waals surface area contributed by atoms with Crippen LogP contribution in [0.1, 0.15) is 5.56 Å². The summed E-state index contributed by atoms with van der Waals surface area (Å²) in [5, 5.41) is 0.621. The normalized spacial score (nSPS) is 10.8. The molecule has 0 N–H and O–H groups in total. The number of aromatic nitrogens is 2. The lowest BCUT2D eigenvalue weighted by atomic mass is 10.1. The quantitative estimate of drug-likeness (QED) is 0.533. The number of aryl methyl sites for hydroxylation is 1. The van der Waals surface area contributed by atoms with Crippen molar-refractivity contribution in [1.82, 2.24) is 9.55 Å². The van der Waals surface area contributed by atoms with Crippen LogP contribution in [0.2, 0.25) is 0 Å². The van der Waals surface area contributed by atoms with Gasteiger partial charge < -0.3 is 9.47 Å². The van der Waals surface area contributed by atoms with E-state index in [2.05, 4.69) is 0 Å². The summed E-state index contributed by atoms with van der Waals surface area (Å²) in [5.41, 5.74) is 3.05. The molecular formula is C23H20N2O3. The van der Waals surface area contributed by atoms with Gasteiger partial charge in [-0.3, -0.25) is 9.36 Å². The van der Waals surface area contributed by atoms with Crippen molar-refractivity contribution < 1.29 is 9.47 Å². The van der Waals surface area contributed by atoms with E-state index in [1.54, 1.807) is 18.8 Å². The Morgan fingerprint density at radius 2 is 1.43 bits per heavy atom. The van der Waals surface area contributed by atoms with E-state index in [0.717, 1.165) is 28.3 Å². The topological polar surface area (TPSA) is 53.3 Å². The Morgan fingerprint density at radius 3 is 2.04 bits per heavy atom. The summed E-state index contributed by atoms with van der Waals surface area (Å²) in [5.74, 6) is 2.06. The second-order valence-corrected chi connectivity index (χ2v) is 6.47. The largest absolute Gasteiger partial charge is 0.497 e. The van der Waals surface area contributed by atoms with Gasteiger partial charge in [0, 0.05) is 5.56 Å². The summed E-state index contributed by atoms with van der Waals surface area (Å²) >= 11 is 0. The number of rotatable bonds is 4. The molecule has 0 spiro atoms. The monoisotopic (exact) mass is 372 g/mol. The summed E-state index contributed by atoms with van der Waals surface area (Å²) in [7, 11) is 3.24. The standard InChI is InChI=1S/C23H20N2O3/c1-15-5-4-6-20-21(15)23(26)25(17-9-13-19(28-3)14-10-17)22(24-20)16-7-11-18(27-2)12-8-16/h4-14H,1-3H3. The van der Waals surface area contributed by atoms with E-state index in [1.807, 2.05) is 73.7 Å². The molecule has 0 aliphatic carbocycles. The van der Waals surface area contributed by atoms with E-state index in [0.29, 0.717) is 16.7 Å². The van der Waals surface area contributed by atoms with Crippen LogP contribution < -0.4 is 15.0 Å². The van der Waals surface area contributed by atoms with Crippen molar-refractivity contribution in [1.29, 1.82) is 0 Å². The van der Waals surface area contributed by atoms with Gasteiger partial charge in [0.25, 0.3) is 5.56 Å². The van der Waals surface area contributed by atoms with E-state index in [1.165, 1.54) is 0 Å². The van der Waals surface area contributed by atoms with Crippen molar-refractivity contribution in [2.45, 2.75) is 6.92 Å². The van der Waals surface area contributed by atoms with Crippen LogP contribution in [-0.2, 0) is 0 Å². The van der Waals surface area contributed by atoms with Crippen molar-refractivity contribution >= 4 is 10.9 Å².